The molecule has 0 aliphatic carbocycles. The summed E-state index contributed by atoms with van der Waals surface area (Å²) in [6, 6.07) is 13.2. The van der Waals surface area contributed by atoms with Crippen LogP contribution in [-0.4, -0.2) is 9.49 Å². The van der Waals surface area contributed by atoms with Crippen LogP contribution in [0.1, 0.15) is 5.56 Å². The third-order valence-electron chi connectivity index (χ3n) is 3.41. The van der Waals surface area contributed by atoms with E-state index in [1.807, 2.05) is 0 Å². The van der Waals surface area contributed by atoms with E-state index in [0.717, 1.165) is 0 Å². The number of nitrogens with zero attached hydrogens (tertiary/aromatic N) is 2. The van der Waals surface area contributed by atoms with Gasteiger partial charge in [-0.05, 0) is 29.8 Å². The van der Waals surface area contributed by atoms with Crippen molar-refractivity contribution < 1.29 is 9.31 Å². The van der Waals surface area contributed by atoms with Crippen LogP contribution in [0.15, 0.2) is 59.4 Å². The van der Waals surface area contributed by atoms with Gasteiger partial charge in [0.25, 0.3) is 11.2 Å². The first kappa shape index (κ1) is 13.9. The fraction of sp³-hybridized carbons (Fsp3) is 0.0625. The zero-order valence-electron chi connectivity index (χ0n) is 11.4. The Kier molecular flexibility index (Phi) is 3.42. The molecular weight excluding hydrogens is 287 g/mol. The number of halogens is 1. The molecule has 3 aromatic rings. The molecule has 0 saturated carbocycles. The first-order valence-electron chi connectivity index (χ1n) is 6.57. The molecule has 0 amide bonds. The highest BCUT2D eigenvalue weighted by Crippen LogP contribution is 2.20. The van der Waals surface area contributed by atoms with Gasteiger partial charge in [0, 0.05) is 23.6 Å². The summed E-state index contributed by atoms with van der Waals surface area (Å²) in [5.41, 5.74) is 0.935. The van der Waals surface area contributed by atoms with Gasteiger partial charge >= 0.3 is 0 Å². The van der Waals surface area contributed by atoms with Crippen molar-refractivity contribution in [2.75, 3.05) is 0 Å². The maximum atomic E-state index is 13.3. The number of nitro groups is 1. The van der Waals surface area contributed by atoms with Crippen molar-refractivity contribution in [2.24, 2.45) is 0 Å². The first-order chi connectivity index (χ1) is 10.5. The molecule has 0 N–H and O–H groups in total. The lowest BCUT2D eigenvalue weighted by Crippen LogP contribution is -2.20. The molecule has 0 unspecified atom stereocenters. The summed E-state index contributed by atoms with van der Waals surface area (Å²) in [6.07, 6.45) is 0. The second-order valence-corrected chi connectivity index (χ2v) is 4.89. The second-order valence-electron chi connectivity index (χ2n) is 4.89. The lowest BCUT2D eigenvalue weighted by molar-refractivity contribution is -0.384. The fourth-order valence-electron chi connectivity index (χ4n) is 2.39. The quantitative estimate of drug-likeness (QED) is 0.551. The number of benzene rings is 2. The Labute approximate surface area is 124 Å². The van der Waals surface area contributed by atoms with Crippen LogP contribution in [0.25, 0.3) is 10.9 Å². The molecule has 0 aliphatic rings. The van der Waals surface area contributed by atoms with Crippen LogP contribution in [0.5, 0.6) is 0 Å². The topological polar surface area (TPSA) is 65.1 Å². The van der Waals surface area contributed by atoms with Gasteiger partial charge in [-0.3, -0.25) is 14.9 Å². The van der Waals surface area contributed by atoms with Gasteiger partial charge in [-0.15, -0.1) is 0 Å². The van der Waals surface area contributed by atoms with E-state index in [1.165, 1.54) is 41.0 Å². The normalized spacial score (nSPS) is 10.8. The Morgan fingerprint density at radius 2 is 1.91 bits per heavy atom. The molecule has 0 bridgehead atoms. The molecule has 3 rings (SSSR count). The van der Waals surface area contributed by atoms with Gasteiger partial charge in [0.05, 0.1) is 17.0 Å². The lowest BCUT2D eigenvalue weighted by Gasteiger charge is -2.10. The molecule has 0 aliphatic heterocycles. The number of rotatable bonds is 3. The molecular formula is C16H11FN2O3. The van der Waals surface area contributed by atoms with Crippen LogP contribution in [0.2, 0.25) is 0 Å². The minimum atomic E-state index is -0.485. The van der Waals surface area contributed by atoms with E-state index in [2.05, 4.69) is 0 Å². The Morgan fingerprint density at radius 3 is 2.64 bits per heavy atom. The zero-order chi connectivity index (χ0) is 15.7. The Balaban J connectivity index is 2.14. The van der Waals surface area contributed by atoms with Crippen LogP contribution in [-0.2, 0) is 6.54 Å². The van der Waals surface area contributed by atoms with E-state index in [-0.39, 0.29) is 23.6 Å². The monoisotopic (exact) mass is 298 g/mol. The Bertz CT molecular complexity index is 934. The number of aromatic nitrogens is 1. The molecule has 0 radical (unpaired) electrons. The maximum Gasteiger partial charge on any atom is 0.270 e. The van der Waals surface area contributed by atoms with Crippen molar-refractivity contribution in [3.63, 3.8) is 0 Å². The van der Waals surface area contributed by atoms with E-state index in [4.69, 9.17) is 0 Å². The van der Waals surface area contributed by atoms with Crippen molar-refractivity contribution in [2.45, 2.75) is 6.54 Å². The molecule has 5 nitrogen and oxygen atoms in total. The van der Waals surface area contributed by atoms with Crippen molar-refractivity contribution in [3.05, 3.63) is 86.4 Å². The number of pyridine rings is 1. The molecule has 1 aromatic heterocycles. The van der Waals surface area contributed by atoms with Crippen LogP contribution in [0, 0.1) is 15.9 Å². The standard InChI is InChI=1S/C16H11FN2O3/c17-13-3-1-2-11(8-13)10-18-15-6-5-14(19(21)22)9-12(15)4-7-16(18)20/h1-9H,10H2. The third kappa shape index (κ3) is 2.58. The summed E-state index contributed by atoms with van der Waals surface area (Å²) >= 11 is 0. The molecule has 22 heavy (non-hydrogen) atoms. The van der Waals surface area contributed by atoms with Crippen LogP contribution >= 0.6 is 0 Å². The predicted octanol–water partition coefficient (Wildman–Crippen LogP) is 3.10. The third-order valence-corrected chi connectivity index (χ3v) is 3.41. The van der Waals surface area contributed by atoms with E-state index in [9.17, 15) is 19.3 Å². The SMILES string of the molecule is O=c1ccc2cc([N+](=O)[O-])ccc2n1Cc1cccc(F)c1. The number of hydrogen-bond acceptors (Lipinski definition) is 3. The average Bonchev–Trinajstić information content (AvgIpc) is 2.49. The van der Waals surface area contributed by atoms with Gasteiger partial charge < -0.3 is 4.57 Å². The molecule has 0 saturated heterocycles. The molecule has 0 fully saturated rings. The summed E-state index contributed by atoms with van der Waals surface area (Å²) in [6.45, 7) is 0.200. The summed E-state index contributed by atoms with van der Waals surface area (Å²) in [4.78, 5) is 22.4. The lowest BCUT2D eigenvalue weighted by atomic mass is 10.1. The van der Waals surface area contributed by atoms with Gasteiger partial charge in [0.1, 0.15) is 5.82 Å². The highest BCUT2D eigenvalue weighted by molar-refractivity contribution is 5.81. The number of nitro benzene ring substituents is 1. The minimum Gasteiger partial charge on any atom is -0.304 e. The average molecular weight is 298 g/mol. The van der Waals surface area contributed by atoms with Crippen molar-refractivity contribution >= 4 is 16.6 Å². The van der Waals surface area contributed by atoms with E-state index >= 15 is 0 Å². The van der Waals surface area contributed by atoms with Gasteiger partial charge in [-0.25, -0.2) is 4.39 Å². The summed E-state index contributed by atoms with van der Waals surface area (Å²) < 4.78 is 14.7. The molecule has 6 heteroatoms. The highest BCUT2D eigenvalue weighted by atomic mass is 19.1. The second kappa shape index (κ2) is 5.40. The first-order valence-corrected chi connectivity index (χ1v) is 6.57. The van der Waals surface area contributed by atoms with Gasteiger partial charge in [-0.2, -0.15) is 0 Å². The Morgan fingerprint density at radius 1 is 1.09 bits per heavy atom. The van der Waals surface area contributed by atoms with Crippen LogP contribution in [0.3, 0.4) is 0 Å². The van der Waals surface area contributed by atoms with E-state index < -0.39 is 4.92 Å². The van der Waals surface area contributed by atoms with E-state index in [1.54, 1.807) is 18.2 Å². The number of non-ortho nitro benzene ring substituents is 1. The maximum absolute atomic E-state index is 13.3. The van der Waals surface area contributed by atoms with Gasteiger partial charge in [-0.1, -0.05) is 12.1 Å². The Hall–Kier alpha value is -3.02. The van der Waals surface area contributed by atoms with Gasteiger partial charge in [0.15, 0.2) is 0 Å². The predicted molar refractivity (Wildman–Crippen MR) is 80.4 cm³/mol. The smallest absolute Gasteiger partial charge is 0.270 e. The van der Waals surface area contributed by atoms with Gasteiger partial charge in [0.2, 0.25) is 0 Å². The fourth-order valence-corrected chi connectivity index (χ4v) is 2.39. The van der Waals surface area contributed by atoms with Crippen molar-refractivity contribution in [1.82, 2.24) is 4.57 Å². The molecule has 1 heterocycles. The highest BCUT2D eigenvalue weighted by Gasteiger charge is 2.10. The molecule has 110 valence electrons. The molecule has 0 spiro atoms. The number of hydrogen-bond donors (Lipinski definition) is 0. The molecule has 2 aromatic carbocycles. The molecule has 0 atom stereocenters. The largest absolute Gasteiger partial charge is 0.304 e. The van der Waals surface area contributed by atoms with Crippen LogP contribution in [0.4, 0.5) is 10.1 Å². The van der Waals surface area contributed by atoms with Crippen LogP contribution < -0.4 is 5.56 Å². The zero-order valence-corrected chi connectivity index (χ0v) is 11.4. The minimum absolute atomic E-state index is 0.0385. The summed E-state index contributed by atoms with van der Waals surface area (Å²) in [7, 11) is 0. The van der Waals surface area contributed by atoms with E-state index in [0.29, 0.717) is 16.5 Å². The summed E-state index contributed by atoms with van der Waals surface area (Å²) in [5, 5.41) is 11.4. The number of fused-ring (bicyclic) bond motifs is 1. The summed E-state index contributed by atoms with van der Waals surface area (Å²) in [5.74, 6) is -0.374. The van der Waals surface area contributed by atoms with Crippen molar-refractivity contribution in [1.29, 1.82) is 0 Å². The van der Waals surface area contributed by atoms with Crippen molar-refractivity contribution in [3.8, 4) is 0 Å².